The van der Waals surface area contributed by atoms with Crippen molar-refractivity contribution in [3.63, 3.8) is 0 Å². The Hall–Kier alpha value is -0.600. The first kappa shape index (κ1) is 19.7. The molecular weight excluding hydrogens is 496 g/mol. The van der Waals surface area contributed by atoms with E-state index in [1.165, 1.54) is 5.56 Å². The van der Waals surface area contributed by atoms with Crippen LogP contribution >= 0.6 is 45.8 Å². The number of benzene rings is 1. The van der Waals surface area contributed by atoms with Crippen molar-refractivity contribution in [2.75, 3.05) is 6.54 Å². The Morgan fingerprint density at radius 1 is 1.30 bits per heavy atom. The van der Waals surface area contributed by atoms with Gasteiger partial charge in [0.15, 0.2) is 0 Å². The second-order valence-electron chi connectivity index (χ2n) is 7.73. The Morgan fingerprint density at radius 3 is 2.67 bits per heavy atom. The number of alkyl halides is 1. The van der Waals surface area contributed by atoms with Gasteiger partial charge in [0, 0.05) is 33.6 Å². The number of hydrogen-bond acceptors (Lipinski definition) is 3. The van der Waals surface area contributed by atoms with Crippen molar-refractivity contribution in [1.29, 1.82) is 0 Å². The van der Waals surface area contributed by atoms with E-state index in [0.717, 1.165) is 35.9 Å². The summed E-state index contributed by atoms with van der Waals surface area (Å²) in [6, 6.07) is 8.56. The minimum Gasteiger partial charge on any atom is -0.369 e. The van der Waals surface area contributed by atoms with Gasteiger partial charge in [-0.05, 0) is 43.0 Å². The number of nitrogens with two attached hydrogens (primary N) is 1. The monoisotopic (exact) mass is 517 g/mol. The van der Waals surface area contributed by atoms with Crippen LogP contribution in [-0.4, -0.2) is 33.0 Å². The molecule has 1 saturated heterocycles. The first-order valence-corrected chi connectivity index (χ1v) is 11.1. The molecule has 0 bridgehead atoms. The fourth-order valence-electron chi connectivity index (χ4n) is 4.76. The molecule has 4 rings (SSSR count). The zero-order chi connectivity index (χ0) is 19.2. The first-order chi connectivity index (χ1) is 12.9. The fourth-order valence-corrected chi connectivity index (χ4v) is 6.40. The molecule has 1 heterocycles. The number of halogens is 3. The van der Waals surface area contributed by atoms with Gasteiger partial charge in [0.2, 0.25) is 5.91 Å². The second kappa shape index (κ2) is 7.34. The molecule has 4 atom stereocenters. The number of carbonyl (C=O) groups excluding carboxylic acids is 1. The molecule has 27 heavy (non-hydrogen) atoms. The number of nitrogens with zero attached hydrogens (tertiary/aromatic N) is 1. The van der Waals surface area contributed by atoms with E-state index >= 15 is 0 Å². The maximum atomic E-state index is 11.5. The highest BCUT2D eigenvalue weighted by molar-refractivity contribution is 14.1. The lowest BCUT2D eigenvalue weighted by molar-refractivity contribution is -0.117. The molecule has 1 aromatic carbocycles. The molecule has 0 aromatic heterocycles. The van der Waals surface area contributed by atoms with Crippen LogP contribution in [0.25, 0.3) is 0 Å². The van der Waals surface area contributed by atoms with E-state index in [4.69, 9.17) is 28.9 Å². The van der Waals surface area contributed by atoms with E-state index in [9.17, 15) is 4.79 Å². The number of nitrogens with one attached hydrogen (secondary N) is 1. The van der Waals surface area contributed by atoms with Gasteiger partial charge in [-0.1, -0.05) is 70.1 Å². The van der Waals surface area contributed by atoms with Crippen LogP contribution in [0.1, 0.15) is 24.8 Å². The topological polar surface area (TPSA) is 58.4 Å². The quantitative estimate of drug-likeness (QED) is 0.341. The highest BCUT2D eigenvalue weighted by Crippen LogP contribution is 2.68. The lowest BCUT2D eigenvalue weighted by Gasteiger charge is -2.40. The van der Waals surface area contributed by atoms with Crippen molar-refractivity contribution in [2.45, 2.75) is 41.4 Å². The number of allylic oxidation sites excluding steroid dienone is 2. The van der Waals surface area contributed by atoms with Gasteiger partial charge >= 0.3 is 0 Å². The summed E-state index contributed by atoms with van der Waals surface area (Å²) in [5, 5.41) is 4.99. The molecule has 144 valence electrons. The third-order valence-electron chi connectivity index (χ3n) is 6.22. The SMILES string of the molecule is NC(=O)CNC1([C@@]23C[C@@H]2N(Cc2ccc(Cl)cc2)[C@@H](I)C3)C=CC(Cl)=CC1. The van der Waals surface area contributed by atoms with E-state index in [2.05, 4.69) is 51.0 Å². The molecule has 3 N–H and O–H groups in total. The normalized spacial score (nSPS) is 35.0. The predicted octanol–water partition coefficient (Wildman–Crippen LogP) is 3.96. The van der Waals surface area contributed by atoms with E-state index in [0.29, 0.717) is 10.1 Å². The molecular formula is C20H22Cl2IN3O. The summed E-state index contributed by atoms with van der Waals surface area (Å²) >= 11 is 14.8. The van der Waals surface area contributed by atoms with Crippen LogP contribution in [0.4, 0.5) is 0 Å². The van der Waals surface area contributed by atoms with Crippen LogP contribution in [0.15, 0.2) is 47.5 Å². The van der Waals surface area contributed by atoms with Crippen LogP contribution in [0.2, 0.25) is 5.02 Å². The van der Waals surface area contributed by atoms with Crippen molar-refractivity contribution in [2.24, 2.45) is 11.1 Å². The summed E-state index contributed by atoms with van der Waals surface area (Å²) in [5.74, 6) is -0.334. The summed E-state index contributed by atoms with van der Waals surface area (Å²) < 4.78 is 0.444. The Kier molecular flexibility index (Phi) is 5.35. The second-order valence-corrected chi connectivity index (χ2v) is 10.0. The third-order valence-corrected chi connectivity index (χ3v) is 7.91. The van der Waals surface area contributed by atoms with Gasteiger partial charge < -0.3 is 5.73 Å². The molecule has 1 amide bonds. The van der Waals surface area contributed by atoms with E-state index in [1.54, 1.807) is 0 Å². The molecule has 3 aliphatic rings. The van der Waals surface area contributed by atoms with Gasteiger partial charge in [-0.15, -0.1) is 0 Å². The molecule has 0 spiro atoms. The van der Waals surface area contributed by atoms with Crippen molar-refractivity contribution in [3.05, 3.63) is 58.1 Å². The Labute approximate surface area is 183 Å². The summed E-state index contributed by atoms with van der Waals surface area (Å²) in [4.78, 5) is 14.0. The van der Waals surface area contributed by atoms with Crippen LogP contribution in [0.5, 0.6) is 0 Å². The first-order valence-electron chi connectivity index (χ1n) is 9.08. The lowest BCUT2D eigenvalue weighted by atomic mass is 9.74. The van der Waals surface area contributed by atoms with E-state index < -0.39 is 0 Å². The molecule has 2 aliphatic carbocycles. The maximum Gasteiger partial charge on any atom is 0.231 e. The number of likely N-dealkylation sites (tertiary alicyclic amines) is 1. The zero-order valence-electron chi connectivity index (χ0n) is 14.8. The number of rotatable bonds is 6. The van der Waals surface area contributed by atoms with Gasteiger partial charge in [0.1, 0.15) is 0 Å². The standard InChI is InChI=1S/C20H22Cl2IN3O/c21-14-3-1-13(2-4-14)12-26-16-9-19(16,10-17(26)23)20(25-11-18(24)27)7-5-15(22)6-8-20/h1-7,16-17,25H,8-12H2,(H2,24,27)/t16-,17+,19+,20?/m0/s1. The minimum absolute atomic E-state index is 0.103. The summed E-state index contributed by atoms with van der Waals surface area (Å²) in [7, 11) is 0. The molecule has 1 saturated carbocycles. The smallest absolute Gasteiger partial charge is 0.231 e. The van der Waals surface area contributed by atoms with Gasteiger partial charge in [-0.3, -0.25) is 15.0 Å². The van der Waals surface area contributed by atoms with Crippen molar-refractivity contribution in [3.8, 4) is 0 Å². The minimum atomic E-state index is -0.334. The Balaban J connectivity index is 1.57. The van der Waals surface area contributed by atoms with Crippen molar-refractivity contribution < 1.29 is 4.79 Å². The molecule has 1 unspecified atom stereocenters. The summed E-state index contributed by atoms with van der Waals surface area (Å²) in [5.41, 5.74) is 6.53. The average Bonchev–Trinajstić information content (AvgIpc) is 3.29. The van der Waals surface area contributed by atoms with Crippen molar-refractivity contribution in [1.82, 2.24) is 10.2 Å². The van der Waals surface area contributed by atoms with Gasteiger partial charge in [-0.25, -0.2) is 0 Å². The van der Waals surface area contributed by atoms with Crippen LogP contribution in [0, 0.1) is 5.41 Å². The number of fused-ring (bicyclic) bond motifs is 1. The lowest BCUT2D eigenvalue weighted by Crippen LogP contribution is -2.54. The van der Waals surface area contributed by atoms with Crippen LogP contribution in [-0.2, 0) is 11.3 Å². The number of hydrogen-bond donors (Lipinski definition) is 2. The molecule has 1 aromatic rings. The van der Waals surface area contributed by atoms with Crippen LogP contribution in [0.3, 0.4) is 0 Å². The van der Waals surface area contributed by atoms with Gasteiger partial charge in [-0.2, -0.15) is 0 Å². The fraction of sp³-hybridized carbons (Fsp3) is 0.450. The molecule has 2 fully saturated rings. The molecule has 4 nitrogen and oxygen atoms in total. The molecule has 0 radical (unpaired) electrons. The summed E-state index contributed by atoms with van der Waals surface area (Å²) in [6.45, 7) is 1.08. The number of piperidine rings is 1. The third kappa shape index (κ3) is 3.57. The van der Waals surface area contributed by atoms with E-state index in [-0.39, 0.29) is 23.4 Å². The maximum absolute atomic E-state index is 11.5. The highest BCUT2D eigenvalue weighted by Gasteiger charge is 2.71. The highest BCUT2D eigenvalue weighted by atomic mass is 127. The molecule has 7 heteroatoms. The largest absolute Gasteiger partial charge is 0.369 e. The average molecular weight is 518 g/mol. The number of amides is 1. The summed E-state index contributed by atoms with van der Waals surface area (Å²) in [6.07, 6.45) is 9.13. The van der Waals surface area contributed by atoms with Gasteiger partial charge in [0.25, 0.3) is 0 Å². The molecule has 1 aliphatic heterocycles. The Bertz CT molecular complexity index is 812. The zero-order valence-corrected chi connectivity index (χ0v) is 18.5. The van der Waals surface area contributed by atoms with Crippen molar-refractivity contribution >= 4 is 51.7 Å². The number of carbonyl (C=O) groups is 1. The van der Waals surface area contributed by atoms with E-state index in [1.807, 2.05) is 24.3 Å². The van der Waals surface area contributed by atoms with Gasteiger partial charge in [0.05, 0.1) is 10.6 Å². The number of primary amides is 1. The Morgan fingerprint density at radius 2 is 2.04 bits per heavy atom. The van der Waals surface area contributed by atoms with Crippen LogP contribution < -0.4 is 11.1 Å². The predicted molar refractivity (Wildman–Crippen MR) is 118 cm³/mol.